The zero-order valence-corrected chi connectivity index (χ0v) is 6.60. The van der Waals surface area contributed by atoms with E-state index in [2.05, 4.69) is 14.9 Å². The SMILES string of the molecule is CC(C)(CN)C(=O)O[Si]. The molecule has 0 saturated carbocycles. The van der Waals surface area contributed by atoms with Gasteiger partial charge in [0.25, 0.3) is 5.97 Å². The van der Waals surface area contributed by atoms with Crippen LogP contribution < -0.4 is 5.73 Å². The lowest BCUT2D eigenvalue weighted by molar-refractivity contribution is -0.143. The van der Waals surface area contributed by atoms with E-state index in [9.17, 15) is 4.79 Å². The van der Waals surface area contributed by atoms with E-state index < -0.39 is 5.41 Å². The molecule has 0 saturated heterocycles. The van der Waals surface area contributed by atoms with E-state index in [4.69, 9.17) is 5.73 Å². The van der Waals surface area contributed by atoms with Crippen LogP contribution >= 0.6 is 0 Å². The van der Waals surface area contributed by atoms with Gasteiger partial charge in [-0.3, -0.25) is 4.79 Å². The Morgan fingerprint density at radius 1 is 1.78 bits per heavy atom. The van der Waals surface area contributed by atoms with Gasteiger partial charge in [0.15, 0.2) is 0 Å². The monoisotopic (exact) mass is 144 g/mol. The van der Waals surface area contributed by atoms with Crippen LogP contribution in [0.2, 0.25) is 0 Å². The summed E-state index contributed by atoms with van der Waals surface area (Å²) < 4.78 is 4.29. The lowest BCUT2D eigenvalue weighted by Gasteiger charge is -2.18. The number of carbonyl (C=O) groups excluding carboxylic acids is 1. The van der Waals surface area contributed by atoms with E-state index in [0.717, 1.165) is 0 Å². The Kier molecular flexibility index (Phi) is 2.86. The van der Waals surface area contributed by atoms with Gasteiger partial charge in [0, 0.05) is 6.54 Å². The van der Waals surface area contributed by atoms with Crippen molar-refractivity contribution < 1.29 is 9.22 Å². The van der Waals surface area contributed by atoms with Gasteiger partial charge in [-0.2, -0.15) is 0 Å². The maximum atomic E-state index is 10.7. The Labute approximate surface area is 58.1 Å². The second-order valence-electron chi connectivity index (χ2n) is 2.48. The van der Waals surface area contributed by atoms with Crippen molar-refractivity contribution in [1.82, 2.24) is 0 Å². The van der Waals surface area contributed by atoms with Crippen molar-refractivity contribution in [2.24, 2.45) is 11.1 Å². The molecular formula is C5H10NO2Si. The summed E-state index contributed by atoms with van der Waals surface area (Å²) in [6.45, 7) is 3.72. The maximum Gasteiger partial charge on any atom is 0.345 e. The molecule has 51 valence electrons. The predicted octanol–water partition coefficient (Wildman–Crippen LogP) is -0.402. The first-order chi connectivity index (χ1) is 4.04. The fraction of sp³-hybridized carbons (Fsp3) is 0.800. The summed E-state index contributed by atoms with van der Waals surface area (Å²) in [6.07, 6.45) is 0. The van der Waals surface area contributed by atoms with Crippen molar-refractivity contribution in [1.29, 1.82) is 0 Å². The Balaban J connectivity index is 3.97. The van der Waals surface area contributed by atoms with Crippen molar-refractivity contribution in [3.8, 4) is 0 Å². The van der Waals surface area contributed by atoms with Gasteiger partial charge in [-0.15, -0.1) is 0 Å². The van der Waals surface area contributed by atoms with Crippen LogP contribution in [0.1, 0.15) is 13.8 Å². The standard InChI is InChI=1S/C5H10NO2Si/c1-5(2,3-6)4(7)8-9/h3,6H2,1-2H3. The van der Waals surface area contributed by atoms with E-state index in [-0.39, 0.29) is 12.5 Å². The van der Waals surface area contributed by atoms with E-state index in [0.29, 0.717) is 0 Å². The van der Waals surface area contributed by atoms with Gasteiger partial charge in [0.2, 0.25) is 0 Å². The zero-order chi connectivity index (χ0) is 7.49. The highest BCUT2D eigenvalue weighted by Crippen LogP contribution is 2.13. The molecule has 0 rings (SSSR count). The smallest absolute Gasteiger partial charge is 0.345 e. The first-order valence-electron chi connectivity index (χ1n) is 2.62. The van der Waals surface area contributed by atoms with Gasteiger partial charge < -0.3 is 10.2 Å². The topological polar surface area (TPSA) is 52.3 Å². The predicted molar refractivity (Wildman–Crippen MR) is 34.7 cm³/mol. The molecule has 4 heteroatoms. The van der Waals surface area contributed by atoms with E-state index in [1.54, 1.807) is 13.8 Å². The third-order valence-corrected chi connectivity index (χ3v) is 1.34. The highest BCUT2D eigenvalue weighted by atomic mass is 28.2. The van der Waals surface area contributed by atoms with E-state index in [1.807, 2.05) is 0 Å². The van der Waals surface area contributed by atoms with E-state index in [1.165, 1.54) is 0 Å². The Morgan fingerprint density at radius 3 is 2.33 bits per heavy atom. The molecule has 9 heavy (non-hydrogen) atoms. The summed E-state index contributed by atoms with van der Waals surface area (Å²) in [4.78, 5) is 10.7. The van der Waals surface area contributed by atoms with Crippen molar-refractivity contribution in [3.63, 3.8) is 0 Å². The molecular weight excluding hydrogens is 134 g/mol. The summed E-state index contributed by atoms with van der Waals surface area (Å²) in [6, 6.07) is 0. The van der Waals surface area contributed by atoms with Crippen molar-refractivity contribution in [3.05, 3.63) is 0 Å². The van der Waals surface area contributed by atoms with E-state index >= 15 is 0 Å². The fourth-order valence-electron chi connectivity index (χ4n) is 0.221. The van der Waals surface area contributed by atoms with Gasteiger partial charge in [0.1, 0.15) is 0 Å². The van der Waals surface area contributed by atoms with Gasteiger partial charge in [-0.25, -0.2) is 0 Å². The summed E-state index contributed by atoms with van der Waals surface area (Å²) in [5.41, 5.74) is 4.68. The minimum Gasteiger partial charge on any atom is -0.516 e. The molecule has 0 fully saturated rings. The maximum absolute atomic E-state index is 10.7. The van der Waals surface area contributed by atoms with Crippen LogP contribution in [0.4, 0.5) is 0 Å². The largest absolute Gasteiger partial charge is 0.516 e. The fourth-order valence-corrected chi connectivity index (χ4v) is 0.498. The molecule has 0 heterocycles. The molecule has 0 amide bonds. The van der Waals surface area contributed by atoms with Gasteiger partial charge in [-0.1, -0.05) is 0 Å². The van der Waals surface area contributed by atoms with Crippen LogP contribution in [0.5, 0.6) is 0 Å². The second-order valence-corrected chi connectivity index (χ2v) is 2.68. The average Bonchev–Trinajstić information content (AvgIpc) is 1.86. The molecule has 0 atom stereocenters. The quantitative estimate of drug-likeness (QED) is 0.536. The first kappa shape index (κ1) is 8.65. The molecule has 0 aromatic carbocycles. The molecule has 0 aliphatic heterocycles. The number of carbonyl (C=O) groups is 1. The Hall–Kier alpha value is -0.353. The Morgan fingerprint density at radius 2 is 2.22 bits per heavy atom. The molecule has 0 aromatic heterocycles. The first-order valence-corrected chi connectivity index (χ1v) is 3.03. The van der Waals surface area contributed by atoms with Crippen LogP contribution in [0.25, 0.3) is 0 Å². The molecule has 0 aliphatic rings. The number of rotatable bonds is 2. The normalized spacial score (nSPS) is 11.1. The molecule has 0 aliphatic carbocycles. The molecule has 3 nitrogen and oxygen atoms in total. The highest BCUT2D eigenvalue weighted by Gasteiger charge is 2.25. The number of hydrogen-bond donors (Lipinski definition) is 1. The number of hydrogen-bond acceptors (Lipinski definition) is 3. The van der Waals surface area contributed by atoms with Crippen LogP contribution in [-0.2, 0) is 9.22 Å². The summed E-state index contributed by atoms with van der Waals surface area (Å²) >= 11 is 0. The van der Waals surface area contributed by atoms with Crippen molar-refractivity contribution in [2.75, 3.05) is 6.54 Å². The van der Waals surface area contributed by atoms with Gasteiger partial charge in [-0.05, 0) is 13.8 Å². The van der Waals surface area contributed by atoms with Crippen LogP contribution in [0.15, 0.2) is 0 Å². The van der Waals surface area contributed by atoms with Crippen LogP contribution in [0.3, 0.4) is 0 Å². The lowest BCUT2D eigenvalue weighted by atomic mass is 9.95. The molecule has 0 unspecified atom stereocenters. The minimum absolute atomic E-state index is 0.288. The summed E-state index contributed by atoms with van der Waals surface area (Å²) in [5, 5.41) is 0. The second kappa shape index (κ2) is 2.98. The molecule has 2 N–H and O–H groups in total. The average molecular weight is 144 g/mol. The van der Waals surface area contributed by atoms with Gasteiger partial charge in [0.05, 0.1) is 5.41 Å². The molecule has 0 aromatic rings. The molecule has 0 bridgehead atoms. The molecule has 3 radical (unpaired) electrons. The van der Waals surface area contributed by atoms with Crippen LogP contribution in [-0.4, -0.2) is 23.0 Å². The van der Waals surface area contributed by atoms with Crippen molar-refractivity contribution in [2.45, 2.75) is 13.8 Å². The van der Waals surface area contributed by atoms with Crippen molar-refractivity contribution >= 4 is 16.5 Å². The Bertz CT molecular complexity index is 114. The third-order valence-electron chi connectivity index (χ3n) is 1.16. The highest BCUT2D eigenvalue weighted by molar-refractivity contribution is 6.06. The summed E-state index contributed by atoms with van der Waals surface area (Å²) in [5.74, 6) is -0.346. The summed E-state index contributed by atoms with van der Waals surface area (Å²) in [7, 11) is 2.63. The minimum atomic E-state index is -0.582. The third kappa shape index (κ3) is 2.15. The lowest BCUT2D eigenvalue weighted by Crippen LogP contribution is -2.33. The van der Waals surface area contributed by atoms with Gasteiger partial charge >= 0.3 is 10.5 Å². The molecule has 0 spiro atoms. The zero-order valence-electron chi connectivity index (χ0n) is 5.60. The number of nitrogens with two attached hydrogens (primary N) is 1. The van der Waals surface area contributed by atoms with Crippen LogP contribution in [0, 0.1) is 5.41 Å².